The molecule has 2 unspecified atom stereocenters. The highest BCUT2D eigenvalue weighted by Crippen LogP contribution is 2.18. The van der Waals surface area contributed by atoms with E-state index in [0.717, 1.165) is 5.56 Å². The van der Waals surface area contributed by atoms with Gasteiger partial charge in [0.2, 0.25) is 11.8 Å². The van der Waals surface area contributed by atoms with Gasteiger partial charge in [0.25, 0.3) is 0 Å². The van der Waals surface area contributed by atoms with E-state index in [4.69, 9.17) is 9.84 Å². The minimum Gasteiger partial charge on any atom is -0.480 e. The quantitative estimate of drug-likeness (QED) is 0.635. The van der Waals surface area contributed by atoms with Crippen LogP contribution < -0.4 is 10.6 Å². The van der Waals surface area contributed by atoms with Gasteiger partial charge in [0.1, 0.15) is 25.2 Å². The minimum absolute atomic E-state index is 0.0809. The molecule has 1 heterocycles. The lowest BCUT2D eigenvalue weighted by molar-refractivity contribution is -0.141. The average Bonchev–Trinajstić information content (AvgIpc) is 3.14. The fraction of sp³-hybridized carbons (Fsp3) is 0.444. The van der Waals surface area contributed by atoms with Gasteiger partial charge in [-0.2, -0.15) is 0 Å². The molecule has 0 spiro atoms. The Morgan fingerprint density at radius 2 is 1.96 bits per heavy atom. The van der Waals surface area contributed by atoms with Crippen LogP contribution >= 0.6 is 0 Å². The molecular weight excluding hydrogens is 354 g/mol. The lowest BCUT2D eigenvalue weighted by atomic mass is 10.2. The Kier molecular flexibility index (Phi) is 7.16. The van der Waals surface area contributed by atoms with Gasteiger partial charge in [0, 0.05) is 6.54 Å². The van der Waals surface area contributed by atoms with Gasteiger partial charge in [0.05, 0.1) is 0 Å². The maximum absolute atomic E-state index is 12.6. The Bertz CT molecular complexity index is 694. The fourth-order valence-corrected chi connectivity index (χ4v) is 2.84. The smallest absolute Gasteiger partial charge is 0.408 e. The fourth-order valence-electron chi connectivity index (χ4n) is 2.84. The number of carbonyl (C=O) groups is 4. The van der Waals surface area contributed by atoms with Gasteiger partial charge >= 0.3 is 12.1 Å². The Hall–Kier alpha value is -3.10. The van der Waals surface area contributed by atoms with Crippen LogP contribution in [0.2, 0.25) is 0 Å². The number of carboxylic acids is 1. The molecule has 0 saturated carbocycles. The Balaban J connectivity index is 1.84. The number of likely N-dealkylation sites (tertiary alicyclic amines) is 1. The number of ether oxygens (including phenoxy) is 1. The molecule has 146 valence electrons. The Labute approximate surface area is 156 Å². The van der Waals surface area contributed by atoms with Crippen molar-refractivity contribution >= 4 is 23.9 Å². The number of hydrogen-bond acceptors (Lipinski definition) is 5. The highest BCUT2D eigenvalue weighted by molar-refractivity contribution is 5.92. The third-order valence-corrected chi connectivity index (χ3v) is 4.17. The number of nitrogens with one attached hydrogen (secondary N) is 2. The molecule has 3 N–H and O–H groups in total. The summed E-state index contributed by atoms with van der Waals surface area (Å²) >= 11 is 0. The molecular formula is C18H23N3O6. The minimum atomic E-state index is -1.16. The van der Waals surface area contributed by atoms with Crippen molar-refractivity contribution in [3.8, 4) is 0 Å². The van der Waals surface area contributed by atoms with Crippen LogP contribution in [0.25, 0.3) is 0 Å². The second kappa shape index (κ2) is 9.56. The van der Waals surface area contributed by atoms with Crippen LogP contribution in [0, 0.1) is 0 Å². The summed E-state index contributed by atoms with van der Waals surface area (Å²) in [7, 11) is 0. The third-order valence-electron chi connectivity index (χ3n) is 4.17. The van der Waals surface area contributed by atoms with E-state index < -0.39 is 42.5 Å². The molecule has 0 radical (unpaired) electrons. The number of amides is 3. The molecule has 1 aliphatic rings. The zero-order valence-electron chi connectivity index (χ0n) is 15.0. The molecule has 1 aliphatic heterocycles. The number of aliphatic carboxylic acids is 1. The van der Waals surface area contributed by atoms with E-state index in [-0.39, 0.29) is 6.61 Å². The van der Waals surface area contributed by atoms with Crippen molar-refractivity contribution < 1.29 is 29.0 Å². The second-order valence-electron chi connectivity index (χ2n) is 6.23. The predicted molar refractivity (Wildman–Crippen MR) is 94.6 cm³/mol. The normalized spacial score (nSPS) is 17.1. The first kappa shape index (κ1) is 20.2. The van der Waals surface area contributed by atoms with Gasteiger partial charge in [-0.05, 0) is 25.3 Å². The number of benzene rings is 1. The Morgan fingerprint density at radius 1 is 1.26 bits per heavy atom. The molecule has 0 bridgehead atoms. The maximum atomic E-state index is 12.6. The number of alkyl carbamates (subject to hydrolysis) is 1. The summed E-state index contributed by atoms with van der Waals surface area (Å²) in [5.74, 6) is -2.09. The standard InChI is InChI=1S/C18H23N3O6/c1-12(20-18(26)27-11-13-6-3-2-4-7-13)17(25)21-9-5-8-14(21)16(24)19-10-15(22)23/h2-4,6-7,12,14H,5,8-11H2,1H3,(H,19,24)(H,20,26)(H,22,23). The summed E-state index contributed by atoms with van der Waals surface area (Å²) in [6, 6.07) is 7.52. The topological polar surface area (TPSA) is 125 Å². The van der Waals surface area contributed by atoms with Crippen LogP contribution in [-0.4, -0.2) is 59.1 Å². The van der Waals surface area contributed by atoms with Crippen LogP contribution in [-0.2, 0) is 25.7 Å². The molecule has 2 atom stereocenters. The first-order chi connectivity index (χ1) is 12.9. The molecule has 1 fully saturated rings. The van der Waals surface area contributed by atoms with Crippen molar-refractivity contribution in [2.24, 2.45) is 0 Å². The second-order valence-corrected chi connectivity index (χ2v) is 6.23. The molecule has 9 nitrogen and oxygen atoms in total. The van der Waals surface area contributed by atoms with Crippen LogP contribution in [0.5, 0.6) is 0 Å². The lowest BCUT2D eigenvalue weighted by Crippen LogP contribution is -2.53. The zero-order chi connectivity index (χ0) is 19.8. The van der Waals surface area contributed by atoms with Crippen LogP contribution in [0.15, 0.2) is 30.3 Å². The van der Waals surface area contributed by atoms with Gasteiger partial charge in [-0.15, -0.1) is 0 Å². The van der Waals surface area contributed by atoms with Crippen molar-refractivity contribution in [2.45, 2.75) is 38.5 Å². The van der Waals surface area contributed by atoms with E-state index in [1.165, 1.54) is 11.8 Å². The van der Waals surface area contributed by atoms with E-state index in [9.17, 15) is 19.2 Å². The van der Waals surface area contributed by atoms with E-state index in [1.807, 2.05) is 30.3 Å². The average molecular weight is 377 g/mol. The molecule has 1 aromatic carbocycles. The van der Waals surface area contributed by atoms with Crippen molar-refractivity contribution in [3.05, 3.63) is 35.9 Å². The molecule has 27 heavy (non-hydrogen) atoms. The first-order valence-electron chi connectivity index (χ1n) is 8.65. The summed E-state index contributed by atoms with van der Waals surface area (Å²) in [4.78, 5) is 48.5. The molecule has 0 aromatic heterocycles. The number of carboxylic acid groups (broad SMARTS) is 1. The van der Waals surface area contributed by atoms with Gasteiger partial charge < -0.3 is 25.4 Å². The van der Waals surface area contributed by atoms with Crippen molar-refractivity contribution in [3.63, 3.8) is 0 Å². The van der Waals surface area contributed by atoms with Crippen LogP contribution in [0.4, 0.5) is 4.79 Å². The predicted octanol–water partition coefficient (Wildman–Crippen LogP) is 0.493. The van der Waals surface area contributed by atoms with Gasteiger partial charge in [-0.1, -0.05) is 30.3 Å². The van der Waals surface area contributed by atoms with Gasteiger partial charge in [0.15, 0.2) is 0 Å². The summed E-state index contributed by atoms with van der Waals surface area (Å²) in [5, 5.41) is 13.4. The molecule has 9 heteroatoms. The highest BCUT2D eigenvalue weighted by Gasteiger charge is 2.36. The number of carbonyl (C=O) groups excluding carboxylic acids is 3. The van der Waals surface area contributed by atoms with E-state index in [2.05, 4.69) is 10.6 Å². The van der Waals surface area contributed by atoms with Crippen molar-refractivity contribution in [2.75, 3.05) is 13.1 Å². The molecule has 3 amide bonds. The number of rotatable bonds is 7. The first-order valence-corrected chi connectivity index (χ1v) is 8.65. The molecule has 1 saturated heterocycles. The third kappa shape index (κ3) is 5.98. The van der Waals surface area contributed by atoms with Gasteiger partial charge in [-0.25, -0.2) is 4.79 Å². The summed E-state index contributed by atoms with van der Waals surface area (Å²) in [6.07, 6.45) is 0.343. The lowest BCUT2D eigenvalue weighted by Gasteiger charge is -2.26. The van der Waals surface area contributed by atoms with E-state index in [0.29, 0.717) is 19.4 Å². The van der Waals surface area contributed by atoms with Crippen LogP contribution in [0.1, 0.15) is 25.3 Å². The SMILES string of the molecule is CC(NC(=O)OCc1ccccc1)C(=O)N1CCCC1C(=O)NCC(=O)O. The van der Waals surface area contributed by atoms with Crippen LogP contribution in [0.3, 0.4) is 0 Å². The Morgan fingerprint density at radius 3 is 2.63 bits per heavy atom. The van der Waals surface area contributed by atoms with E-state index in [1.54, 1.807) is 0 Å². The van der Waals surface area contributed by atoms with Crippen molar-refractivity contribution in [1.29, 1.82) is 0 Å². The largest absolute Gasteiger partial charge is 0.480 e. The van der Waals surface area contributed by atoms with Gasteiger partial charge in [-0.3, -0.25) is 14.4 Å². The summed E-state index contributed by atoms with van der Waals surface area (Å²) < 4.78 is 5.09. The summed E-state index contributed by atoms with van der Waals surface area (Å²) in [5.41, 5.74) is 0.821. The zero-order valence-corrected chi connectivity index (χ0v) is 15.0. The van der Waals surface area contributed by atoms with E-state index >= 15 is 0 Å². The summed E-state index contributed by atoms with van der Waals surface area (Å²) in [6.45, 7) is 1.46. The maximum Gasteiger partial charge on any atom is 0.408 e. The number of hydrogen-bond donors (Lipinski definition) is 3. The van der Waals surface area contributed by atoms with Crippen molar-refractivity contribution in [1.82, 2.24) is 15.5 Å². The highest BCUT2D eigenvalue weighted by atomic mass is 16.5. The molecule has 0 aliphatic carbocycles. The monoisotopic (exact) mass is 377 g/mol. The number of nitrogens with zero attached hydrogens (tertiary/aromatic N) is 1. The molecule has 2 rings (SSSR count). The molecule has 1 aromatic rings.